The van der Waals surface area contributed by atoms with Crippen LogP contribution in [0.3, 0.4) is 0 Å². The number of benzene rings is 2. The lowest BCUT2D eigenvalue weighted by Gasteiger charge is -2.37. The first-order chi connectivity index (χ1) is 17.8. The lowest BCUT2D eigenvalue weighted by atomic mass is 9.93. The number of rotatable bonds is 10. The monoisotopic (exact) mass is 582 g/mol. The van der Waals surface area contributed by atoms with Gasteiger partial charge in [-0.3, -0.25) is 4.79 Å². The molecule has 0 aliphatic carbocycles. The molecule has 1 atom stereocenters. The predicted octanol–water partition coefficient (Wildman–Crippen LogP) is 5.27. The molecule has 0 radical (unpaired) electrons. The summed E-state index contributed by atoms with van der Waals surface area (Å²) in [5.41, 5.74) is 1.99. The highest BCUT2D eigenvalue weighted by Crippen LogP contribution is 2.38. The van der Waals surface area contributed by atoms with Crippen LogP contribution < -0.4 is 4.74 Å². The zero-order valence-electron chi connectivity index (χ0n) is 20.5. The molecule has 1 aromatic heterocycles. The van der Waals surface area contributed by atoms with Crippen LogP contribution in [0, 0.1) is 0 Å². The van der Waals surface area contributed by atoms with Gasteiger partial charge in [0.15, 0.2) is 0 Å². The maximum atomic E-state index is 13.8. The minimum atomic E-state index is -4.11. The lowest BCUT2D eigenvalue weighted by Crippen LogP contribution is -2.47. The number of carbonyl (C=O) groups is 1. The number of thiophene rings is 1. The number of fused-ring (bicyclic) bond motifs is 1. The second-order valence-electron chi connectivity index (χ2n) is 8.57. The van der Waals surface area contributed by atoms with Gasteiger partial charge in [0.25, 0.3) is 0 Å². The summed E-state index contributed by atoms with van der Waals surface area (Å²) >= 11 is 14.0. The molecule has 37 heavy (non-hydrogen) atoms. The number of halogens is 2. The minimum Gasteiger partial charge on any atom is -0.497 e. The molecule has 1 unspecified atom stereocenters. The Bertz CT molecular complexity index is 1350. The third kappa shape index (κ3) is 6.13. The molecule has 11 heteroatoms. The van der Waals surface area contributed by atoms with E-state index in [1.165, 1.54) is 27.4 Å². The van der Waals surface area contributed by atoms with E-state index in [0.29, 0.717) is 26.0 Å². The molecule has 3 aromatic rings. The van der Waals surface area contributed by atoms with Crippen molar-refractivity contribution in [2.75, 3.05) is 40.5 Å². The molecule has 2 heterocycles. The van der Waals surface area contributed by atoms with E-state index in [-0.39, 0.29) is 40.0 Å². The van der Waals surface area contributed by atoms with E-state index in [1.54, 1.807) is 30.5 Å². The summed E-state index contributed by atoms with van der Waals surface area (Å²) in [6.45, 7) is 0.587. The van der Waals surface area contributed by atoms with Crippen LogP contribution in [-0.2, 0) is 26.0 Å². The van der Waals surface area contributed by atoms with Crippen LogP contribution in [0.15, 0.2) is 58.8 Å². The Balaban J connectivity index is 1.67. The fourth-order valence-corrected chi connectivity index (χ4v) is 7.52. The summed E-state index contributed by atoms with van der Waals surface area (Å²) in [6.07, 6.45) is 1.12. The SMILES string of the molecule is COCCCN(CC(=O)N1CCc2sccc2C1c1ccc(OC)cc1)S(=O)(=O)c1cc(Cl)ccc1Cl. The summed E-state index contributed by atoms with van der Waals surface area (Å²) < 4.78 is 38.9. The van der Waals surface area contributed by atoms with Gasteiger partial charge in [-0.05, 0) is 65.7 Å². The smallest absolute Gasteiger partial charge is 0.245 e. The molecule has 7 nitrogen and oxygen atoms in total. The molecule has 0 fully saturated rings. The summed E-state index contributed by atoms with van der Waals surface area (Å²) in [5.74, 6) is 0.425. The normalized spacial score (nSPS) is 15.6. The minimum absolute atomic E-state index is 0.0468. The molecular formula is C26H28Cl2N2O5S2. The average molecular weight is 584 g/mol. The fraction of sp³-hybridized carbons (Fsp3) is 0.346. The van der Waals surface area contributed by atoms with Crippen molar-refractivity contribution in [3.63, 3.8) is 0 Å². The van der Waals surface area contributed by atoms with E-state index in [9.17, 15) is 13.2 Å². The standard InChI is InChI=1S/C26H28Cl2N2O5S2/c1-34-14-3-12-29(37(32,33)24-16-19(27)6-9-22(24)28)17-25(31)30-13-10-23-21(11-15-36-23)26(30)18-4-7-20(35-2)8-5-18/h4-9,11,15-16,26H,3,10,12-14,17H2,1-2H3. The fourth-order valence-electron chi connectivity index (χ4n) is 4.46. The van der Waals surface area contributed by atoms with Gasteiger partial charge >= 0.3 is 0 Å². The van der Waals surface area contributed by atoms with Crippen molar-refractivity contribution in [3.8, 4) is 5.75 Å². The highest BCUT2D eigenvalue weighted by atomic mass is 35.5. The van der Waals surface area contributed by atoms with E-state index in [1.807, 2.05) is 35.7 Å². The van der Waals surface area contributed by atoms with Crippen LogP contribution in [-0.4, -0.2) is 64.0 Å². The van der Waals surface area contributed by atoms with Crippen LogP contribution >= 0.6 is 34.5 Å². The Labute approximate surface area is 231 Å². The second kappa shape index (κ2) is 12.1. The first kappa shape index (κ1) is 27.9. The Kier molecular flexibility index (Phi) is 9.15. The van der Waals surface area contributed by atoms with Gasteiger partial charge in [-0.1, -0.05) is 35.3 Å². The highest BCUT2D eigenvalue weighted by molar-refractivity contribution is 7.89. The molecule has 1 aliphatic rings. The highest BCUT2D eigenvalue weighted by Gasteiger charge is 2.36. The summed E-state index contributed by atoms with van der Waals surface area (Å²) in [5, 5.41) is 2.31. The van der Waals surface area contributed by atoms with Gasteiger partial charge in [0.1, 0.15) is 10.6 Å². The van der Waals surface area contributed by atoms with Crippen molar-refractivity contribution < 1.29 is 22.7 Å². The van der Waals surface area contributed by atoms with Crippen LogP contribution in [0.5, 0.6) is 5.75 Å². The van der Waals surface area contributed by atoms with Crippen molar-refractivity contribution in [1.29, 1.82) is 0 Å². The third-order valence-corrected chi connectivity index (χ3v) is 9.85. The Hall–Kier alpha value is -2.14. The van der Waals surface area contributed by atoms with Crippen LogP contribution in [0.2, 0.25) is 10.0 Å². The maximum Gasteiger partial charge on any atom is 0.245 e. The van der Waals surface area contributed by atoms with Crippen molar-refractivity contribution in [1.82, 2.24) is 9.21 Å². The molecule has 4 rings (SSSR count). The molecular weight excluding hydrogens is 555 g/mol. The van der Waals surface area contributed by atoms with Gasteiger partial charge in [-0.15, -0.1) is 11.3 Å². The number of ether oxygens (including phenoxy) is 2. The molecule has 198 valence electrons. The van der Waals surface area contributed by atoms with Gasteiger partial charge in [0.05, 0.1) is 24.7 Å². The van der Waals surface area contributed by atoms with Crippen molar-refractivity contribution in [2.24, 2.45) is 0 Å². The zero-order chi connectivity index (χ0) is 26.6. The molecule has 0 bridgehead atoms. The van der Waals surface area contributed by atoms with Crippen molar-refractivity contribution in [2.45, 2.75) is 23.8 Å². The number of sulfonamides is 1. The van der Waals surface area contributed by atoms with E-state index in [0.717, 1.165) is 16.9 Å². The zero-order valence-corrected chi connectivity index (χ0v) is 23.7. The van der Waals surface area contributed by atoms with Gasteiger partial charge in [0, 0.05) is 36.7 Å². The number of carbonyl (C=O) groups excluding carboxylic acids is 1. The van der Waals surface area contributed by atoms with Gasteiger partial charge < -0.3 is 14.4 Å². The molecule has 0 saturated carbocycles. The predicted molar refractivity (Wildman–Crippen MR) is 146 cm³/mol. The summed E-state index contributed by atoms with van der Waals surface area (Å²) in [4.78, 5) is 16.7. The summed E-state index contributed by atoms with van der Waals surface area (Å²) in [6, 6.07) is 13.6. The van der Waals surface area contributed by atoms with E-state index < -0.39 is 10.0 Å². The van der Waals surface area contributed by atoms with Crippen LogP contribution in [0.25, 0.3) is 0 Å². The van der Waals surface area contributed by atoms with Crippen LogP contribution in [0.1, 0.15) is 28.5 Å². The Morgan fingerprint density at radius 1 is 1.14 bits per heavy atom. The van der Waals surface area contributed by atoms with Crippen molar-refractivity contribution >= 4 is 50.5 Å². The van der Waals surface area contributed by atoms with Gasteiger partial charge in [0.2, 0.25) is 15.9 Å². The number of hydrogen-bond donors (Lipinski definition) is 0. The largest absolute Gasteiger partial charge is 0.497 e. The first-order valence-corrected chi connectivity index (χ1v) is 14.8. The van der Waals surface area contributed by atoms with E-state index >= 15 is 0 Å². The average Bonchev–Trinajstić information content (AvgIpc) is 3.38. The molecule has 0 N–H and O–H groups in total. The topological polar surface area (TPSA) is 76.2 Å². The quantitative estimate of drug-likeness (QED) is 0.304. The molecule has 0 saturated heterocycles. The van der Waals surface area contributed by atoms with E-state index in [4.69, 9.17) is 32.7 Å². The number of methoxy groups -OCH3 is 2. The molecule has 1 aliphatic heterocycles. The van der Waals surface area contributed by atoms with E-state index in [2.05, 4.69) is 0 Å². The summed E-state index contributed by atoms with van der Waals surface area (Å²) in [7, 11) is -0.960. The Morgan fingerprint density at radius 3 is 2.59 bits per heavy atom. The Morgan fingerprint density at radius 2 is 1.89 bits per heavy atom. The van der Waals surface area contributed by atoms with Crippen LogP contribution in [0.4, 0.5) is 0 Å². The van der Waals surface area contributed by atoms with Crippen molar-refractivity contribution in [3.05, 3.63) is 80.0 Å². The molecule has 1 amide bonds. The number of amides is 1. The number of nitrogens with zero attached hydrogens (tertiary/aromatic N) is 2. The molecule has 0 spiro atoms. The van der Waals surface area contributed by atoms with Gasteiger partial charge in [-0.25, -0.2) is 8.42 Å². The molecule has 2 aromatic carbocycles. The maximum absolute atomic E-state index is 13.8. The first-order valence-electron chi connectivity index (χ1n) is 11.7. The second-order valence-corrected chi connectivity index (χ2v) is 12.3. The third-order valence-electron chi connectivity index (χ3n) is 6.30. The number of hydrogen-bond acceptors (Lipinski definition) is 6. The lowest BCUT2D eigenvalue weighted by molar-refractivity contribution is -0.133. The van der Waals surface area contributed by atoms with Gasteiger partial charge in [-0.2, -0.15) is 4.31 Å².